The molecule has 1 heterocycles. The summed E-state index contributed by atoms with van der Waals surface area (Å²) in [6, 6.07) is 21.0. The van der Waals surface area contributed by atoms with Gasteiger partial charge in [-0.3, -0.25) is 19.5 Å². The Hall–Kier alpha value is -4.26. The number of nitro benzene ring substituents is 1. The number of fused-ring (bicyclic) bond motifs is 1. The van der Waals surface area contributed by atoms with Gasteiger partial charge in [0.1, 0.15) is 5.82 Å². The molecule has 30 heavy (non-hydrogen) atoms. The van der Waals surface area contributed by atoms with Gasteiger partial charge in [0.05, 0.1) is 34.2 Å². The van der Waals surface area contributed by atoms with Crippen LogP contribution < -0.4 is 10.3 Å². The molecule has 0 bridgehead atoms. The van der Waals surface area contributed by atoms with E-state index in [9.17, 15) is 14.9 Å². The van der Waals surface area contributed by atoms with E-state index in [4.69, 9.17) is 4.74 Å². The van der Waals surface area contributed by atoms with E-state index in [1.807, 2.05) is 36.4 Å². The molecule has 4 aromatic rings. The second-order valence-corrected chi connectivity index (χ2v) is 6.45. The first kappa shape index (κ1) is 19.1. The number of para-hydroxylation sites is 3. The van der Waals surface area contributed by atoms with Crippen LogP contribution in [-0.2, 0) is 0 Å². The SMILES string of the molecule is COc1cccc(C=Cc2nc3ccccc3c(=O)n2-c2ccccc2)c1[N+](=O)[O-]. The molecular weight excluding hydrogens is 382 g/mol. The van der Waals surface area contributed by atoms with Gasteiger partial charge in [0.25, 0.3) is 5.56 Å². The first-order valence-electron chi connectivity index (χ1n) is 9.17. The minimum Gasteiger partial charge on any atom is -0.490 e. The van der Waals surface area contributed by atoms with Gasteiger partial charge in [0, 0.05) is 0 Å². The second kappa shape index (κ2) is 8.00. The maximum Gasteiger partial charge on any atom is 0.318 e. The van der Waals surface area contributed by atoms with Gasteiger partial charge in [0.2, 0.25) is 0 Å². The number of rotatable bonds is 5. The molecule has 3 aromatic carbocycles. The summed E-state index contributed by atoms with van der Waals surface area (Å²) >= 11 is 0. The number of benzene rings is 3. The van der Waals surface area contributed by atoms with Gasteiger partial charge in [-0.15, -0.1) is 0 Å². The monoisotopic (exact) mass is 399 g/mol. The molecule has 7 heteroatoms. The fourth-order valence-electron chi connectivity index (χ4n) is 3.29. The van der Waals surface area contributed by atoms with Crippen LogP contribution in [-0.4, -0.2) is 21.6 Å². The zero-order valence-electron chi connectivity index (χ0n) is 16.1. The maximum absolute atomic E-state index is 13.2. The molecular formula is C23H17N3O4. The third kappa shape index (κ3) is 3.44. The summed E-state index contributed by atoms with van der Waals surface area (Å²) in [7, 11) is 1.38. The number of nitro groups is 1. The average Bonchev–Trinajstić information content (AvgIpc) is 2.78. The molecule has 148 valence electrons. The van der Waals surface area contributed by atoms with E-state index in [1.54, 1.807) is 42.5 Å². The fourth-order valence-corrected chi connectivity index (χ4v) is 3.29. The lowest BCUT2D eigenvalue weighted by molar-refractivity contribution is -0.386. The van der Waals surface area contributed by atoms with Gasteiger partial charge in [-0.25, -0.2) is 4.98 Å². The van der Waals surface area contributed by atoms with Gasteiger partial charge in [-0.2, -0.15) is 0 Å². The lowest BCUT2D eigenvalue weighted by atomic mass is 10.1. The smallest absolute Gasteiger partial charge is 0.318 e. The van der Waals surface area contributed by atoms with E-state index in [0.717, 1.165) is 0 Å². The lowest BCUT2D eigenvalue weighted by Gasteiger charge is -2.11. The summed E-state index contributed by atoms with van der Waals surface area (Å²) < 4.78 is 6.61. The van der Waals surface area contributed by atoms with Gasteiger partial charge in [-0.1, -0.05) is 36.4 Å². The van der Waals surface area contributed by atoms with E-state index >= 15 is 0 Å². The summed E-state index contributed by atoms with van der Waals surface area (Å²) in [6.07, 6.45) is 3.17. The van der Waals surface area contributed by atoms with E-state index in [1.165, 1.54) is 17.7 Å². The molecule has 0 unspecified atom stereocenters. The predicted molar refractivity (Wildman–Crippen MR) is 116 cm³/mol. The van der Waals surface area contributed by atoms with Crippen molar-refractivity contribution in [2.24, 2.45) is 0 Å². The Morgan fingerprint density at radius 3 is 2.43 bits per heavy atom. The van der Waals surface area contributed by atoms with Crippen molar-refractivity contribution in [2.75, 3.05) is 7.11 Å². The van der Waals surface area contributed by atoms with Crippen molar-refractivity contribution in [2.45, 2.75) is 0 Å². The molecule has 0 saturated carbocycles. The summed E-state index contributed by atoms with van der Waals surface area (Å²) in [5, 5.41) is 12.0. The highest BCUT2D eigenvalue weighted by Crippen LogP contribution is 2.31. The molecule has 4 rings (SSSR count). The van der Waals surface area contributed by atoms with Crippen LogP contribution in [0.4, 0.5) is 5.69 Å². The summed E-state index contributed by atoms with van der Waals surface area (Å²) in [4.78, 5) is 28.9. The minimum atomic E-state index is -0.489. The van der Waals surface area contributed by atoms with Crippen LogP contribution in [0.2, 0.25) is 0 Å². The Labute approximate surface area is 171 Å². The van der Waals surface area contributed by atoms with E-state index in [0.29, 0.717) is 28.0 Å². The molecule has 0 atom stereocenters. The molecule has 0 saturated heterocycles. The molecule has 0 aliphatic rings. The van der Waals surface area contributed by atoms with Crippen molar-refractivity contribution in [3.8, 4) is 11.4 Å². The van der Waals surface area contributed by atoms with E-state index in [2.05, 4.69) is 4.98 Å². The van der Waals surface area contributed by atoms with Crippen molar-refractivity contribution < 1.29 is 9.66 Å². The summed E-state index contributed by atoms with van der Waals surface area (Å²) in [5.41, 5.74) is 1.19. The van der Waals surface area contributed by atoms with Crippen LogP contribution in [0.1, 0.15) is 11.4 Å². The summed E-state index contributed by atoms with van der Waals surface area (Å²) in [6.45, 7) is 0. The number of hydrogen-bond acceptors (Lipinski definition) is 5. The van der Waals surface area contributed by atoms with Gasteiger partial charge in [0.15, 0.2) is 5.75 Å². The normalized spacial score (nSPS) is 11.1. The molecule has 0 radical (unpaired) electrons. The van der Waals surface area contributed by atoms with Crippen LogP contribution in [0.5, 0.6) is 5.75 Å². The van der Waals surface area contributed by atoms with Gasteiger partial charge < -0.3 is 4.74 Å². The van der Waals surface area contributed by atoms with Crippen LogP contribution in [0.25, 0.3) is 28.7 Å². The lowest BCUT2D eigenvalue weighted by Crippen LogP contribution is -2.22. The van der Waals surface area contributed by atoms with Crippen molar-refractivity contribution >= 4 is 28.7 Å². The Bertz CT molecular complexity index is 1330. The number of methoxy groups -OCH3 is 1. The van der Waals surface area contributed by atoms with E-state index < -0.39 is 4.92 Å². The number of nitrogens with zero attached hydrogens (tertiary/aromatic N) is 3. The minimum absolute atomic E-state index is 0.148. The highest BCUT2D eigenvalue weighted by Gasteiger charge is 2.19. The standard InChI is InChI=1S/C23H17N3O4/c1-30-20-13-7-8-16(22(20)26(28)29)14-15-21-24-19-12-6-5-11-18(19)23(27)25(21)17-9-3-2-4-10-17/h2-15H,1H3. The topological polar surface area (TPSA) is 87.3 Å². The first-order valence-corrected chi connectivity index (χ1v) is 9.17. The highest BCUT2D eigenvalue weighted by atomic mass is 16.6. The Morgan fingerprint density at radius 1 is 0.967 bits per heavy atom. The number of hydrogen-bond donors (Lipinski definition) is 0. The van der Waals surface area contributed by atoms with Crippen LogP contribution in [0.15, 0.2) is 77.6 Å². The number of ether oxygens (including phenoxy) is 1. The third-order valence-corrected chi connectivity index (χ3v) is 4.66. The quantitative estimate of drug-likeness (QED) is 0.365. The van der Waals surface area contributed by atoms with Gasteiger partial charge in [-0.05, 0) is 48.6 Å². The second-order valence-electron chi connectivity index (χ2n) is 6.45. The van der Waals surface area contributed by atoms with Crippen molar-refractivity contribution in [1.82, 2.24) is 9.55 Å². The van der Waals surface area contributed by atoms with Crippen molar-refractivity contribution in [3.63, 3.8) is 0 Å². The molecule has 1 aromatic heterocycles. The fraction of sp³-hybridized carbons (Fsp3) is 0.0435. The largest absolute Gasteiger partial charge is 0.490 e. The molecule has 0 aliphatic carbocycles. The van der Waals surface area contributed by atoms with Crippen molar-refractivity contribution in [3.05, 3.63) is 105 Å². The van der Waals surface area contributed by atoms with E-state index in [-0.39, 0.29) is 17.0 Å². The first-order chi connectivity index (χ1) is 14.6. The molecule has 7 nitrogen and oxygen atoms in total. The number of aromatic nitrogens is 2. The molecule has 0 N–H and O–H groups in total. The highest BCUT2D eigenvalue weighted by molar-refractivity contribution is 5.81. The van der Waals surface area contributed by atoms with Crippen LogP contribution in [0, 0.1) is 10.1 Å². The molecule has 0 fully saturated rings. The zero-order chi connectivity index (χ0) is 21.1. The third-order valence-electron chi connectivity index (χ3n) is 4.66. The van der Waals surface area contributed by atoms with Crippen molar-refractivity contribution in [1.29, 1.82) is 0 Å². The Balaban J connectivity index is 1.94. The molecule has 0 amide bonds. The van der Waals surface area contributed by atoms with Crippen LogP contribution in [0.3, 0.4) is 0 Å². The zero-order valence-corrected chi connectivity index (χ0v) is 16.1. The molecule has 0 aliphatic heterocycles. The predicted octanol–water partition coefficient (Wildman–Crippen LogP) is 4.47. The Morgan fingerprint density at radius 2 is 1.70 bits per heavy atom. The Kier molecular flexibility index (Phi) is 5.09. The maximum atomic E-state index is 13.2. The summed E-state index contributed by atoms with van der Waals surface area (Å²) in [5.74, 6) is 0.524. The average molecular weight is 399 g/mol. The van der Waals surface area contributed by atoms with Crippen LogP contribution >= 0.6 is 0 Å². The van der Waals surface area contributed by atoms with Gasteiger partial charge >= 0.3 is 5.69 Å². The molecule has 0 spiro atoms.